The van der Waals surface area contributed by atoms with Crippen LogP contribution < -0.4 is 5.32 Å². The molecule has 0 aliphatic carbocycles. The van der Waals surface area contributed by atoms with Gasteiger partial charge in [0.05, 0.1) is 7.11 Å². The molecular formula is C21H25NO4. The second-order valence-corrected chi connectivity index (χ2v) is 6.08. The summed E-state index contributed by atoms with van der Waals surface area (Å²) < 4.78 is 10.2. The van der Waals surface area contributed by atoms with E-state index in [2.05, 4.69) is 5.32 Å². The Hall–Kier alpha value is -2.66. The van der Waals surface area contributed by atoms with E-state index in [1.54, 1.807) is 6.92 Å². The molecule has 0 radical (unpaired) electrons. The predicted molar refractivity (Wildman–Crippen MR) is 99.4 cm³/mol. The van der Waals surface area contributed by atoms with Crippen molar-refractivity contribution >= 4 is 11.9 Å². The Balaban J connectivity index is 1.87. The van der Waals surface area contributed by atoms with Gasteiger partial charge >= 0.3 is 11.9 Å². The Bertz CT molecular complexity index is 688. The zero-order valence-corrected chi connectivity index (χ0v) is 15.2. The SMILES string of the molecule is COC(=O)C(CCc1ccccc1)NC(C)C(=O)OCc1ccccc1. The molecule has 2 atom stereocenters. The highest BCUT2D eigenvalue weighted by atomic mass is 16.5. The van der Waals surface area contributed by atoms with Crippen molar-refractivity contribution in [1.29, 1.82) is 0 Å². The summed E-state index contributed by atoms with van der Waals surface area (Å²) >= 11 is 0. The van der Waals surface area contributed by atoms with E-state index in [-0.39, 0.29) is 12.6 Å². The summed E-state index contributed by atoms with van der Waals surface area (Å²) in [6, 6.07) is 18.2. The molecule has 0 aliphatic heterocycles. The smallest absolute Gasteiger partial charge is 0.323 e. The summed E-state index contributed by atoms with van der Waals surface area (Å²) in [7, 11) is 1.35. The zero-order valence-electron chi connectivity index (χ0n) is 15.2. The molecule has 2 aromatic rings. The molecule has 26 heavy (non-hydrogen) atoms. The number of ether oxygens (including phenoxy) is 2. The maximum Gasteiger partial charge on any atom is 0.323 e. The number of rotatable bonds is 9. The highest BCUT2D eigenvalue weighted by Gasteiger charge is 2.25. The molecule has 5 nitrogen and oxygen atoms in total. The molecule has 1 N–H and O–H groups in total. The number of esters is 2. The van der Waals surface area contributed by atoms with Crippen LogP contribution in [0.15, 0.2) is 60.7 Å². The van der Waals surface area contributed by atoms with Crippen LogP contribution in [0.3, 0.4) is 0 Å². The first kappa shape index (κ1) is 19.7. The summed E-state index contributed by atoms with van der Waals surface area (Å²) in [5.74, 6) is -0.786. The summed E-state index contributed by atoms with van der Waals surface area (Å²) in [6.07, 6.45) is 1.24. The average Bonchev–Trinajstić information content (AvgIpc) is 2.70. The van der Waals surface area contributed by atoms with E-state index in [1.165, 1.54) is 7.11 Å². The molecule has 0 aromatic heterocycles. The zero-order chi connectivity index (χ0) is 18.8. The standard InChI is InChI=1S/C21H25NO4/c1-16(20(23)26-15-18-11-7-4-8-12-18)22-19(21(24)25-2)14-13-17-9-5-3-6-10-17/h3-12,16,19,22H,13-15H2,1-2H3. The minimum absolute atomic E-state index is 0.207. The van der Waals surface area contributed by atoms with Gasteiger partial charge in [-0.05, 0) is 30.9 Å². The Labute approximate surface area is 154 Å². The van der Waals surface area contributed by atoms with Gasteiger partial charge in [0.2, 0.25) is 0 Å². The lowest BCUT2D eigenvalue weighted by Gasteiger charge is -2.20. The first-order chi connectivity index (χ1) is 12.6. The van der Waals surface area contributed by atoms with Gasteiger partial charge in [-0.15, -0.1) is 0 Å². The van der Waals surface area contributed by atoms with Crippen LogP contribution in [0.5, 0.6) is 0 Å². The van der Waals surface area contributed by atoms with Crippen LogP contribution in [0.1, 0.15) is 24.5 Å². The molecule has 0 fully saturated rings. The molecule has 0 saturated carbocycles. The minimum Gasteiger partial charge on any atom is -0.468 e. The van der Waals surface area contributed by atoms with Crippen molar-refractivity contribution in [2.24, 2.45) is 0 Å². The topological polar surface area (TPSA) is 64.6 Å². The van der Waals surface area contributed by atoms with E-state index >= 15 is 0 Å². The van der Waals surface area contributed by atoms with E-state index in [9.17, 15) is 9.59 Å². The normalized spacial score (nSPS) is 12.8. The van der Waals surface area contributed by atoms with Gasteiger partial charge in [-0.2, -0.15) is 0 Å². The fourth-order valence-electron chi connectivity index (χ4n) is 2.59. The maximum absolute atomic E-state index is 12.2. The van der Waals surface area contributed by atoms with Gasteiger partial charge in [0.25, 0.3) is 0 Å². The van der Waals surface area contributed by atoms with Crippen LogP contribution in [0.2, 0.25) is 0 Å². The summed E-state index contributed by atoms with van der Waals surface area (Å²) in [5.41, 5.74) is 2.05. The molecule has 0 bridgehead atoms. The number of benzene rings is 2. The van der Waals surface area contributed by atoms with Gasteiger partial charge in [0, 0.05) is 0 Å². The third-order valence-corrected chi connectivity index (χ3v) is 4.08. The van der Waals surface area contributed by atoms with Crippen molar-refractivity contribution in [1.82, 2.24) is 5.32 Å². The van der Waals surface area contributed by atoms with E-state index < -0.39 is 18.1 Å². The van der Waals surface area contributed by atoms with Gasteiger partial charge in [-0.1, -0.05) is 60.7 Å². The Morgan fingerprint density at radius 1 is 0.923 bits per heavy atom. The number of aryl methyl sites for hydroxylation is 1. The first-order valence-electron chi connectivity index (χ1n) is 8.68. The van der Waals surface area contributed by atoms with Crippen molar-refractivity contribution in [3.8, 4) is 0 Å². The van der Waals surface area contributed by atoms with Crippen LogP contribution in [-0.4, -0.2) is 31.1 Å². The number of hydrogen-bond acceptors (Lipinski definition) is 5. The van der Waals surface area contributed by atoms with Gasteiger partial charge in [0.15, 0.2) is 0 Å². The maximum atomic E-state index is 12.2. The van der Waals surface area contributed by atoms with Crippen LogP contribution in [0, 0.1) is 0 Å². The lowest BCUT2D eigenvalue weighted by atomic mass is 10.0. The molecule has 0 spiro atoms. The number of methoxy groups -OCH3 is 1. The average molecular weight is 355 g/mol. The van der Waals surface area contributed by atoms with Crippen molar-refractivity contribution < 1.29 is 19.1 Å². The van der Waals surface area contributed by atoms with Gasteiger partial charge in [0.1, 0.15) is 18.7 Å². The lowest BCUT2D eigenvalue weighted by Crippen LogP contribution is -2.46. The van der Waals surface area contributed by atoms with E-state index in [4.69, 9.17) is 9.47 Å². The van der Waals surface area contributed by atoms with Crippen molar-refractivity contribution in [2.75, 3.05) is 7.11 Å². The number of carbonyl (C=O) groups excluding carboxylic acids is 2. The Morgan fingerprint density at radius 3 is 2.08 bits per heavy atom. The summed E-state index contributed by atoms with van der Waals surface area (Å²) in [6.45, 7) is 1.89. The molecule has 0 amide bonds. The largest absolute Gasteiger partial charge is 0.468 e. The molecule has 0 heterocycles. The van der Waals surface area contributed by atoms with E-state index in [1.807, 2.05) is 60.7 Å². The second-order valence-electron chi connectivity index (χ2n) is 6.08. The molecule has 2 aromatic carbocycles. The molecule has 0 saturated heterocycles. The number of carbonyl (C=O) groups is 2. The Kier molecular flexibility index (Phi) is 7.83. The molecule has 5 heteroatoms. The van der Waals surface area contributed by atoms with Crippen molar-refractivity contribution in [3.05, 3.63) is 71.8 Å². The second kappa shape index (κ2) is 10.4. The van der Waals surface area contributed by atoms with Crippen LogP contribution >= 0.6 is 0 Å². The van der Waals surface area contributed by atoms with Crippen LogP contribution in [0.4, 0.5) is 0 Å². The number of nitrogens with one attached hydrogen (secondary N) is 1. The van der Waals surface area contributed by atoms with Gasteiger partial charge in [-0.3, -0.25) is 14.9 Å². The lowest BCUT2D eigenvalue weighted by molar-refractivity contribution is -0.148. The molecule has 0 aliphatic rings. The Morgan fingerprint density at radius 2 is 1.50 bits per heavy atom. The minimum atomic E-state index is -0.612. The van der Waals surface area contributed by atoms with Gasteiger partial charge in [-0.25, -0.2) is 0 Å². The number of hydrogen-bond donors (Lipinski definition) is 1. The predicted octanol–water partition coefficient (Wildman–Crippen LogP) is 2.88. The van der Waals surface area contributed by atoms with Crippen molar-refractivity contribution in [2.45, 2.75) is 38.5 Å². The third-order valence-electron chi connectivity index (χ3n) is 4.08. The molecule has 2 unspecified atom stereocenters. The molecule has 138 valence electrons. The van der Waals surface area contributed by atoms with Gasteiger partial charge < -0.3 is 9.47 Å². The van der Waals surface area contributed by atoms with Crippen LogP contribution in [0.25, 0.3) is 0 Å². The molecular weight excluding hydrogens is 330 g/mol. The third kappa shape index (κ3) is 6.33. The van der Waals surface area contributed by atoms with Crippen molar-refractivity contribution in [3.63, 3.8) is 0 Å². The summed E-state index contributed by atoms with van der Waals surface area (Å²) in [4.78, 5) is 24.2. The monoisotopic (exact) mass is 355 g/mol. The molecule has 2 rings (SSSR count). The summed E-state index contributed by atoms with van der Waals surface area (Å²) in [5, 5.41) is 3.02. The quantitative estimate of drug-likeness (QED) is 0.701. The van der Waals surface area contributed by atoms with E-state index in [0.29, 0.717) is 12.8 Å². The highest BCUT2D eigenvalue weighted by molar-refractivity contribution is 5.79. The fraction of sp³-hybridized carbons (Fsp3) is 0.333. The van der Waals surface area contributed by atoms with E-state index in [0.717, 1.165) is 11.1 Å². The highest BCUT2D eigenvalue weighted by Crippen LogP contribution is 2.08. The fourth-order valence-corrected chi connectivity index (χ4v) is 2.59. The first-order valence-corrected chi connectivity index (χ1v) is 8.68. The van der Waals surface area contributed by atoms with Crippen LogP contribution in [-0.2, 0) is 32.1 Å².